The van der Waals surface area contributed by atoms with Gasteiger partial charge in [-0.1, -0.05) is 17.7 Å². The zero-order valence-corrected chi connectivity index (χ0v) is 11.3. The summed E-state index contributed by atoms with van der Waals surface area (Å²) in [6.07, 6.45) is 0. The molecule has 0 amide bonds. The summed E-state index contributed by atoms with van der Waals surface area (Å²) in [6, 6.07) is 7.41. The minimum Gasteiger partial charge on any atom is -0.477 e. The van der Waals surface area contributed by atoms with Gasteiger partial charge in [-0.2, -0.15) is 0 Å². The quantitative estimate of drug-likeness (QED) is 0.890. The molecule has 3 nitrogen and oxygen atoms in total. The molecule has 0 radical (unpaired) electrons. The Morgan fingerprint density at radius 1 is 1.44 bits per heavy atom. The van der Waals surface area contributed by atoms with E-state index in [9.17, 15) is 4.79 Å². The molecular weight excluding hydrogens is 270 g/mol. The first kappa shape index (κ1) is 12.9. The fourth-order valence-corrected chi connectivity index (χ4v) is 2.57. The lowest BCUT2D eigenvalue weighted by atomic mass is 10.2. The molecule has 0 aliphatic heterocycles. The number of hydrogen-bond acceptors (Lipinski definition) is 3. The maximum absolute atomic E-state index is 11.0. The van der Waals surface area contributed by atoms with Crippen molar-refractivity contribution < 1.29 is 9.90 Å². The molecule has 0 saturated carbocycles. The van der Waals surface area contributed by atoms with Crippen molar-refractivity contribution in [2.24, 2.45) is 0 Å². The van der Waals surface area contributed by atoms with Crippen LogP contribution in [0.4, 0.5) is 5.69 Å². The van der Waals surface area contributed by atoms with Crippen molar-refractivity contribution in [3.63, 3.8) is 0 Å². The molecule has 94 valence electrons. The van der Waals surface area contributed by atoms with Crippen LogP contribution in [-0.4, -0.2) is 11.1 Å². The third-order valence-corrected chi connectivity index (χ3v) is 3.79. The Kier molecular flexibility index (Phi) is 3.89. The molecule has 5 heteroatoms. The van der Waals surface area contributed by atoms with Crippen molar-refractivity contribution in [2.45, 2.75) is 13.5 Å². The van der Waals surface area contributed by atoms with Crippen LogP contribution in [0.1, 0.15) is 20.8 Å². The summed E-state index contributed by atoms with van der Waals surface area (Å²) >= 11 is 7.16. The lowest BCUT2D eigenvalue weighted by molar-refractivity contribution is 0.0701. The molecule has 0 spiro atoms. The predicted molar refractivity (Wildman–Crippen MR) is 74.8 cm³/mol. The van der Waals surface area contributed by atoms with Crippen LogP contribution in [0.25, 0.3) is 0 Å². The van der Waals surface area contributed by atoms with Crippen molar-refractivity contribution in [2.75, 3.05) is 5.32 Å². The Hall–Kier alpha value is -1.52. The van der Waals surface area contributed by atoms with Gasteiger partial charge in [-0.25, -0.2) is 4.79 Å². The minimum atomic E-state index is -0.885. The standard InChI is InChI=1S/C13H12ClNO2S/c1-8-2-3-10(14)6-11(8)15-7-9-4-5-18-12(9)13(16)17/h2-6,15H,7H2,1H3,(H,16,17). The maximum Gasteiger partial charge on any atom is 0.346 e. The normalized spacial score (nSPS) is 10.3. The first-order chi connectivity index (χ1) is 8.58. The number of nitrogens with one attached hydrogen (secondary N) is 1. The lowest BCUT2D eigenvalue weighted by Gasteiger charge is -2.09. The Labute approximate surface area is 114 Å². The van der Waals surface area contributed by atoms with E-state index in [1.165, 1.54) is 11.3 Å². The maximum atomic E-state index is 11.0. The number of benzene rings is 1. The lowest BCUT2D eigenvalue weighted by Crippen LogP contribution is -2.04. The van der Waals surface area contributed by atoms with Crippen LogP contribution in [0.5, 0.6) is 0 Å². The number of hydrogen-bond donors (Lipinski definition) is 2. The molecule has 0 aliphatic rings. The van der Waals surface area contributed by atoms with Crippen molar-refractivity contribution in [1.29, 1.82) is 0 Å². The smallest absolute Gasteiger partial charge is 0.346 e. The van der Waals surface area contributed by atoms with E-state index >= 15 is 0 Å². The van der Waals surface area contributed by atoms with Crippen molar-refractivity contribution in [1.82, 2.24) is 0 Å². The number of carbonyl (C=O) groups is 1. The minimum absolute atomic E-state index is 0.377. The number of rotatable bonds is 4. The molecule has 1 heterocycles. The summed E-state index contributed by atoms with van der Waals surface area (Å²) < 4.78 is 0. The second-order valence-corrected chi connectivity index (χ2v) is 5.25. The van der Waals surface area contributed by atoms with Gasteiger partial charge >= 0.3 is 5.97 Å². The van der Waals surface area contributed by atoms with E-state index in [-0.39, 0.29) is 0 Å². The van der Waals surface area contributed by atoms with Crippen LogP contribution in [0.2, 0.25) is 5.02 Å². The molecule has 0 unspecified atom stereocenters. The number of aryl methyl sites for hydroxylation is 1. The SMILES string of the molecule is Cc1ccc(Cl)cc1NCc1ccsc1C(=O)O. The molecule has 0 aliphatic carbocycles. The summed E-state index contributed by atoms with van der Waals surface area (Å²) in [7, 11) is 0. The van der Waals surface area contributed by atoms with Crippen LogP contribution < -0.4 is 5.32 Å². The highest BCUT2D eigenvalue weighted by Gasteiger charge is 2.11. The van der Waals surface area contributed by atoms with E-state index in [4.69, 9.17) is 16.7 Å². The average molecular weight is 282 g/mol. The third kappa shape index (κ3) is 2.83. The highest BCUT2D eigenvalue weighted by Crippen LogP contribution is 2.22. The van der Waals surface area contributed by atoms with Crippen molar-refractivity contribution in [3.8, 4) is 0 Å². The molecule has 1 aromatic carbocycles. The Bertz CT molecular complexity index is 580. The van der Waals surface area contributed by atoms with Gasteiger partial charge in [0, 0.05) is 17.3 Å². The van der Waals surface area contributed by atoms with Crippen LogP contribution >= 0.6 is 22.9 Å². The van der Waals surface area contributed by atoms with Crippen LogP contribution in [-0.2, 0) is 6.54 Å². The second-order valence-electron chi connectivity index (χ2n) is 3.89. The van der Waals surface area contributed by atoms with E-state index in [0.717, 1.165) is 16.8 Å². The summed E-state index contributed by atoms with van der Waals surface area (Å²) in [5.74, 6) is -0.885. The van der Waals surface area contributed by atoms with Gasteiger partial charge in [-0.3, -0.25) is 0 Å². The van der Waals surface area contributed by atoms with Gasteiger partial charge in [0.05, 0.1) is 0 Å². The van der Waals surface area contributed by atoms with Gasteiger partial charge < -0.3 is 10.4 Å². The molecule has 1 aromatic heterocycles. The van der Waals surface area contributed by atoms with Crippen LogP contribution in [0.3, 0.4) is 0 Å². The topological polar surface area (TPSA) is 49.3 Å². The molecule has 2 aromatic rings. The average Bonchev–Trinajstić information content (AvgIpc) is 2.79. The summed E-state index contributed by atoms with van der Waals surface area (Å²) in [6.45, 7) is 2.46. The summed E-state index contributed by atoms with van der Waals surface area (Å²) in [4.78, 5) is 11.4. The molecule has 2 N–H and O–H groups in total. The van der Waals surface area contributed by atoms with Gasteiger partial charge in [0.1, 0.15) is 4.88 Å². The largest absolute Gasteiger partial charge is 0.477 e. The zero-order chi connectivity index (χ0) is 13.1. The number of carboxylic acid groups (broad SMARTS) is 1. The fourth-order valence-electron chi connectivity index (χ4n) is 1.64. The molecule has 0 atom stereocenters. The van der Waals surface area contributed by atoms with Gasteiger partial charge in [0.25, 0.3) is 0 Å². The predicted octanol–water partition coefficient (Wildman–Crippen LogP) is 4.02. The van der Waals surface area contributed by atoms with Crippen LogP contribution in [0, 0.1) is 6.92 Å². The van der Waals surface area contributed by atoms with Crippen molar-refractivity contribution in [3.05, 3.63) is 50.7 Å². The molecule has 18 heavy (non-hydrogen) atoms. The van der Waals surface area contributed by atoms with E-state index in [1.807, 2.05) is 31.2 Å². The number of thiophene rings is 1. The van der Waals surface area contributed by atoms with E-state index < -0.39 is 5.97 Å². The molecule has 0 saturated heterocycles. The number of carboxylic acids is 1. The van der Waals surface area contributed by atoms with Gasteiger partial charge in [0.2, 0.25) is 0 Å². The highest BCUT2D eigenvalue weighted by atomic mass is 35.5. The molecule has 0 fully saturated rings. The Balaban J connectivity index is 2.14. The third-order valence-electron chi connectivity index (χ3n) is 2.61. The Morgan fingerprint density at radius 2 is 2.22 bits per heavy atom. The highest BCUT2D eigenvalue weighted by molar-refractivity contribution is 7.12. The first-order valence-corrected chi connectivity index (χ1v) is 6.63. The number of anilines is 1. The molecular formula is C13H12ClNO2S. The fraction of sp³-hybridized carbons (Fsp3) is 0.154. The van der Waals surface area contributed by atoms with E-state index in [0.29, 0.717) is 16.4 Å². The molecule has 2 rings (SSSR count). The van der Waals surface area contributed by atoms with E-state index in [1.54, 1.807) is 5.38 Å². The monoisotopic (exact) mass is 281 g/mol. The van der Waals surface area contributed by atoms with Gasteiger partial charge in [-0.05, 0) is 41.6 Å². The Morgan fingerprint density at radius 3 is 2.94 bits per heavy atom. The first-order valence-electron chi connectivity index (χ1n) is 5.37. The summed E-state index contributed by atoms with van der Waals surface area (Å²) in [5, 5.41) is 14.7. The number of aromatic carboxylic acids is 1. The van der Waals surface area contributed by atoms with Crippen LogP contribution in [0.15, 0.2) is 29.6 Å². The number of halogens is 1. The summed E-state index contributed by atoms with van der Waals surface area (Å²) in [5.41, 5.74) is 2.78. The van der Waals surface area contributed by atoms with Gasteiger partial charge in [-0.15, -0.1) is 11.3 Å². The molecule has 0 bridgehead atoms. The zero-order valence-electron chi connectivity index (χ0n) is 9.74. The van der Waals surface area contributed by atoms with Gasteiger partial charge in [0.15, 0.2) is 0 Å². The second kappa shape index (κ2) is 5.42. The van der Waals surface area contributed by atoms with Crippen molar-refractivity contribution >= 4 is 34.6 Å². The van der Waals surface area contributed by atoms with E-state index in [2.05, 4.69) is 5.32 Å².